The van der Waals surface area contributed by atoms with Crippen LogP contribution in [-0.2, 0) is 9.47 Å². The summed E-state index contributed by atoms with van der Waals surface area (Å²) in [4.78, 5) is 12.3. The lowest BCUT2D eigenvalue weighted by Crippen LogP contribution is -2.27. The Labute approximate surface area is 159 Å². The van der Waals surface area contributed by atoms with Crippen molar-refractivity contribution in [2.75, 3.05) is 7.11 Å². The zero-order valence-electron chi connectivity index (χ0n) is 17.0. The van der Waals surface area contributed by atoms with Crippen molar-refractivity contribution in [2.45, 2.75) is 90.3 Å². The maximum Gasteiger partial charge on any atom is 0.338 e. The maximum atomic E-state index is 12.3. The molecule has 1 fully saturated rings. The molecular formula is C23H36O3. The second kappa shape index (κ2) is 10.7. The van der Waals surface area contributed by atoms with E-state index in [9.17, 15) is 4.79 Å². The van der Waals surface area contributed by atoms with E-state index in [1.54, 1.807) is 7.11 Å². The molecule has 0 spiro atoms. The topological polar surface area (TPSA) is 35.5 Å². The standard InChI is InChI=1S/C23H36O3/c1-5-6-7-8-19-9-11-20(12-10-19)21-13-15-22(16-14-21)23(24)26-18(3)17(2)25-4/h13-20H,5-12H2,1-4H3/t17?,18?,19-,20-. The Morgan fingerprint density at radius 3 is 2.27 bits per heavy atom. The van der Waals surface area contributed by atoms with Crippen LogP contribution < -0.4 is 0 Å². The van der Waals surface area contributed by atoms with E-state index in [4.69, 9.17) is 9.47 Å². The summed E-state index contributed by atoms with van der Waals surface area (Å²) in [6.45, 7) is 6.04. The van der Waals surface area contributed by atoms with Gasteiger partial charge in [0.15, 0.2) is 0 Å². The van der Waals surface area contributed by atoms with E-state index in [1.807, 2.05) is 26.0 Å². The minimum atomic E-state index is -0.271. The first-order valence-electron chi connectivity index (χ1n) is 10.4. The summed E-state index contributed by atoms with van der Waals surface area (Å²) in [6.07, 6.45) is 10.4. The van der Waals surface area contributed by atoms with Crippen molar-refractivity contribution in [3.8, 4) is 0 Å². The second-order valence-electron chi connectivity index (χ2n) is 7.89. The Kier molecular flexibility index (Phi) is 8.64. The van der Waals surface area contributed by atoms with Crippen molar-refractivity contribution in [3.05, 3.63) is 35.4 Å². The van der Waals surface area contributed by atoms with Crippen LogP contribution in [0.15, 0.2) is 24.3 Å². The molecule has 0 N–H and O–H groups in total. The summed E-state index contributed by atoms with van der Waals surface area (Å²) >= 11 is 0. The van der Waals surface area contributed by atoms with Crippen molar-refractivity contribution in [2.24, 2.45) is 5.92 Å². The Morgan fingerprint density at radius 2 is 1.69 bits per heavy atom. The molecule has 3 nitrogen and oxygen atoms in total. The van der Waals surface area contributed by atoms with E-state index >= 15 is 0 Å². The van der Waals surface area contributed by atoms with Gasteiger partial charge in [-0.3, -0.25) is 0 Å². The van der Waals surface area contributed by atoms with Crippen LogP contribution in [0.5, 0.6) is 0 Å². The largest absolute Gasteiger partial charge is 0.456 e. The van der Waals surface area contributed by atoms with Crippen LogP contribution in [-0.4, -0.2) is 25.3 Å². The molecule has 0 aliphatic heterocycles. The van der Waals surface area contributed by atoms with Gasteiger partial charge in [0.05, 0.1) is 11.7 Å². The fourth-order valence-corrected chi connectivity index (χ4v) is 3.88. The molecule has 0 aromatic heterocycles. The van der Waals surface area contributed by atoms with Crippen LogP contribution in [0.1, 0.15) is 94.0 Å². The molecule has 1 aliphatic rings. The number of carbonyl (C=O) groups excluding carboxylic acids is 1. The fourth-order valence-electron chi connectivity index (χ4n) is 3.88. The van der Waals surface area contributed by atoms with Gasteiger partial charge in [0.2, 0.25) is 0 Å². The van der Waals surface area contributed by atoms with E-state index in [-0.39, 0.29) is 18.2 Å². The number of esters is 1. The number of benzene rings is 1. The first kappa shape index (κ1) is 21.0. The molecule has 0 saturated heterocycles. The highest BCUT2D eigenvalue weighted by Crippen LogP contribution is 2.37. The molecule has 2 unspecified atom stereocenters. The summed E-state index contributed by atoms with van der Waals surface area (Å²) in [5.74, 6) is 1.30. The quantitative estimate of drug-likeness (QED) is 0.393. The molecule has 2 atom stereocenters. The van der Waals surface area contributed by atoms with Crippen LogP contribution in [0.3, 0.4) is 0 Å². The van der Waals surface area contributed by atoms with Crippen molar-refractivity contribution in [1.82, 2.24) is 0 Å². The molecule has 1 aromatic rings. The van der Waals surface area contributed by atoms with Crippen molar-refractivity contribution in [1.29, 1.82) is 0 Å². The number of hydrogen-bond acceptors (Lipinski definition) is 3. The number of carbonyl (C=O) groups is 1. The highest BCUT2D eigenvalue weighted by Gasteiger charge is 2.23. The monoisotopic (exact) mass is 360 g/mol. The van der Waals surface area contributed by atoms with Crippen molar-refractivity contribution in [3.63, 3.8) is 0 Å². The maximum absolute atomic E-state index is 12.3. The molecular weight excluding hydrogens is 324 g/mol. The predicted octanol–water partition coefficient (Wildman–Crippen LogP) is 6.12. The zero-order valence-corrected chi connectivity index (χ0v) is 17.0. The summed E-state index contributed by atoms with van der Waals surface area (Å²) in [7, 11) is 1.63. The number of rotatable bonds is 9. The highest BCUT2D eigenvalue weighted by molar-refractivity contribution is 5.89. The summed E-state index contributed by atoms with van der Waals surface area (Å²) in [5, 5.41) is 0. The summed E-state index contributed by atoms with van der Waals surface area (Å²) in [6, 6.07) is 8.05. The minimum Gasteiger partial charge on any atom is -0.456 e. The van der Waals surface area contributed by atoms with Gasteiger partial charge in [-0.15, -0.1) is 0 Å². The van der Waals surface area contributed by atoms with Gasteiger partial charge in [-0.25, -0.2) is 4.79 Å². The van der Waals surface area contributed by atoms with Crippen LogP contribution in [0.2, 0.25) is 0 Å². The van der Waals surface area contributed by atoms with Crippen LogP contribution in [0.25, 0.3) is 0 Å². The van der Waals surface area contributed by atoms with Gasteiger partial charge < -0.3 is 9.47 Å². The van der Waals surface area contributed by atoms with Gasteiger partial charge in [0.1, 0.15) is 6.10 Å². The first-order valence-corrected chi connectivity index (χ1v) is 10.4. The lowest BCUT2D eigenvalue weighted by molar-refractivity contribution is -0.0206. The normalized spacial score (nSPS) is 22.6. The van der Waals surface area contributed by atoms with E-state index in [1.165, 1.54) is 56.9 Å². The Morgan fingerprint density at radius 1 is 1.04 bits per heavy atom. The molecule has 1 saturated carbocycles. The van der Waals surface area contributed by atoms with Crippen LogP contribution >= 0.6 is 0 Å². The van der Waals surface area contributed by atoms with E-state index in [2.05, 4.69) is 19.1 Å². The van der Waals surface area contributed by atoms with Gasteiger partial charge in [-0.2, -0.15) is 0 Å². The fraction of sp³-hybridized carbons (Fsp3) is 0.696. The van der Waals surface area contributed by atoms with Gasteiger partial charge in [0.25, 0.3) is 0 Å². The average molecular weight is 361 g/mol. The third kappa shape index (κ3) is 6.12. The van der Waals surface area contributed by atoms with Gasteiger partial charge in [-0.05, 0) is 69.1 Å². The average Bonchev–Trinajstić information content (AvgIpc) is 2.68. The Bertz CT molecular complexity index is 529. The van der Waals surface area contributed by atoms with Crippen LogP contribution in [0, 0.1) is 5.92 Å². The lowest BCUT2D eigenvalue weighted by atomic mass is 9.77. The predicted molar refractivity (Wildman–Crippen MR) is 107 cm³/mol. The number of unbranched alkanes of at least 4 members (excludes halogenated alkanes) is 2. The third-order valence-electron chi connectivity index (χ3n) is 6.01. The first-order chi connectivity index (χ1) is 12.5. The van der Waals surface area contributed by atoms with Gasteiger partial charge >= 0.3 is 5.97 Å². The van der Waals surface area contributed by atoms with E-state index in [0.29, 0.717) is 11.5 Å². The van der Waals surface area contributed by atoms with Crippen molar-refractivity contribution >= 4 is 5.97 Å². The molecule has 1 aromatic carbocycles. The molecule has 0 amide bonds. The smallest absolute Gasteiger partial charge is 0.338 e. The molecule has 0 bridgehead atoms. The molecule has 2 rings (SSSR count). The third-order valence-corrected chi connectivity index (χ3v) is 6.01. The molecule has 26 heavy (non-hydrogen) atoms. The number of hydrogen-bond donors (Lipinski definition) is 0. The molecule has 1 aliphatic carbocycles. The van der Waals surface area contributed by atoms with Crippen molar-refractivity contribution < 1.29 is 14.3 Å². The molecule has 146 valence electrons. The number of methoxy groups -OCH3 is 1. The Hall–Kier alpha value is -1.35. The molecule has 0 heterocycles. The summed E-state index contributed by atoms with van der Waals surface area (Å²) < 4.78 is 10.7. The molecule has 3 heteroatoms. The van der Waals surface area contributed by atoms with Crippen LogP contribution in [0.4, 0.5) is 0 Å². The number of ether oxygens (including phenoxy) is 2. The summed E-state index contributed by atoms with van der Waals surface area (Å²) in [5.41, 5.74) is 1.99. The zero-order chi connectivity index (χ0) is 18.9. The van der Waals surface area contributed by atoms with E-state index in [0.717, 1.165) is 5.92 Å². The Balaban J connectivity index is 1.83. The second-order valence-corrected chi connectivity index (χ2v) is 7.89. The highest BCUT2D eigenvalue weighted by atomic mass is 16.6. The minimum absolute atomic E-state index is 0.106. The lowest BCUT2D eigenvalue weighted by Gasteiger charge is -2.29. The molecule has 0 radical (unpaired) electrons. The van der Waals surface area contributed by atoms with Gasteiger partial charge in [0, 0.05) is 7.11 Å². The van der Waals surface area contributed by atoms with Gasteiger partial charge in [-0.1, -0.05) is 44.7 Å². The SMILES string of the molecule is CCCCC[C@H]1CC[C@H](c2ccc(C(=O)OC(C)C(C)OC)cc2)CC1. The van der Waals surface area contributed by atoms with E-state index < -0.39 is 0 Å².